The maximum atomic E-state index is 10.9. The fourth-order valence-electron chi connectivity index (χ4n) is 2.23. The van der Waals surface area contributed by atoms with E-state index in [2.05, 4.69) is 0 Å². The van der Waals surface area contributed by atoms with Gasteiger partial charge in [-0.25, -0.2) is 0 Å². The van der Waals surface area contributed by atoms with Crippen molar-refractivity contribution in [3.63, 3.8) is 0 Å². The third-order valence-electron chi connectivity index (χ3n) is 2.74. The number of fused-ring (bicyclic) bond motifs is 2. The number of hydrogen-bond acceptors (Lipinski definition) is 3. The largest absolute Gasteiger partial charge is 0.772 e. The maximum Gasteiger partial charge on any atom is 0.133 e. The second kappa shape index (κ2) is 2.38. The Morgan fingerprint density at radius 1 is 1.36 bits per heavy atom. The molecule has 0 aromatic rings. The van der Waals surface area contributed by atoms with E-state index >= 15 is 0 Å². The number of rotatable bonds is 1. The Bertz CT molecular complexity index is 212. The second-order valence-electron chi connectivity index (χ2n) is 3.43. The van der Waals surface area contributed by atoms with Gasteiger partial charge in [0.05, 0.1) is 0 Å². The molecule has 3 unspecified atom stereocenters. The zero-order valence-corrected chi connectivity index (χ0v) is 6.80. The molecule has 3 aliphatic carbocycles. The van der Waals surface area contributed by atoms with Crippen molar-refractivity contribution in [2.75, 3.05) is 0 Å². The van der Waals surface area contributed by atoms with Crippen molar-refractivity contribution in [1.82, 2.24) is 0 Å². The van der Waals surface area contributed by atoms with Gasteiger partial charge in [-0.05, 0) is 18.3 Å². The molecule has 0 heterocycles. The molecule has 3 aliphatic rings. The van der Waals surface area contributed by atoms with Crippen molar-refractivity contribution in [3.8, 4) is 0 Å². The summed E-state index contributed by atoms with van der Waals surface area (Å²) in [5.74, 6) is 0.548. The average Bonchev–Trinajstić information content (AvgIpc) is 1.84. The van der Waals surface area contributed by atoms with Gasteiger partial charge >= 0.3 is 0 Å². The zero-order valence-electron chi connectivity index (χ0n) is 5.99. The van der Waals surface area contributed by atoms with Crippen molar-refractivity contribution in [2.45, 2.75) is 24.5 Å². The van der Waals surface area contributed by atoms with Crippen LogP contribution in [0.25, 0.3) is 0 Å². The van der Waals surface area contributed by atoms with Crippen LogP contribution in [0.15, 0.2) is 0 Å². The molecule has 11 heavy (non-hydrogen) atoms. The van der Waals surface area contributed by atoms with Gasteiger partial charge in [-0.3, -0.25) is 9.00 Å². The lowest BCUT2D eigenvalue weighted by atomic mass is 9.64. The van der Waals surface area contributed by atoms with E-state index in [0.29, 0.717) is 12.8 Å². The molecule has 0 aromatic heterocycles. The number of carbonyl (C=O) groups is 1. The Hall–Kier alpha value is -0.220. The van der Waals surface area contributed by atoms with Crippen LogP contribution >= 0.6 is 0 Å². The molecule has 0 aliphatic heterocycles. The normalized spacial score (nSPS) is 44.8. The van der Waals surface area contributed by atoms with E-state index in [-0.39, 0.29) is 22.9 Å². The summed E-state index contributed by atoms with van der Waals surface area (Å²) in [5, 5.41) is -0.201. The van der Waals surface area contributed by atoms with Crippen LogP contribution in [0.5, 0.6) is 0 Å². The Balaban J connectivity index is 2.09. The minimum absolute atomic E-state index is 0.152. The summed E-state index contributed by atoms with van der Waals surface area (Å²) in [6, 6.07) is 0. The summed E-state index contributed by atoms with van der Waals surface area (Å²) in [7, 11) is 0. The van der Waals surface area contributed by atoms with Crippen LogP contribution in [-0.2, 0) is 15.9 Å². The lowest BCUT2D eigenvalue weighted by molar-refractivity contribution is -0.126. The number of hydrogen-bond donors (Lipinski definition) is 0. The highest BCUT2D eigenvalue weighted by Gasteiger charge is 2.47. The van der Waals surface area contributed by atoms with Crippen LogP contribution in [0.4, 0.5) is 0 Å². The smallest absolute Gasteiger partial charge is 0.133 e. The van der Waals surface area contributed by atoms with Crippen LogP contribution in [0.3, 0.4) is 0 Å². The van der Waals surface area contributed by atoms with Gasteiger partial charge in [0.1, 0.15) is 5.78 Å². The highest BCUT2D eigenvalue weighted by molar-refractivity contribution is 7.79. The molecule has 62 valence electrons. The lowest BCUT2D eigenvalue weighted by Gasteiger charge is -2.49. The van der Waals surface area contributed by atoms with Gasteiger partial charge in [0.25, 0.3) is 0 Å². The van der Waals surface area contributed by atoms with Gasteiger partial charge in [-0.15, -0.1) is 0 Å². The molecule has 3 rings (SSSR count). The molecule has 0 saturated heterocycles. The SMILES string of the molecule is O=C1CC2CC(C1)C2S(=O)[O-]. The van der Waals surface area contributed by atoms with Gasteiger partial charge in [0.15, 0.2) is 0 Å². The van der Waals surface area contributed by atoms with Crippen LogP contribution < -0.4 is 0 Å². The highest BCUT2D eigenvalue weighted by atomic mass is 32.2. The fourth-order valence-corrected chi connectivity index (χ4v) is 3.27. The third kappa shape index (κ3) is 1.05. The first kappa shape index (κ1) is 7.43. The van der Waals surface area contributed by atoms with Gasteiger partial charge < -0.3 is 4.55 Å². The Morgan fingerprint density at radius 3 is 2.36 bits per heavy atom. The monoisotopic (exact) mass is 173 g/mol. The summed E-state index contributed by atoms with van der Waals surface area (Å²) in [6.07, 6.45) is 1.94. The summed E-state index contributed by atoms with van der Waals surface area (Å²) >= 11 is -1.95. The van der Waals surface area contributed by atoms with Gasteiger partial charge in [-0.1, -0.05) is 11.1 Å². The number of carbonyl (C=O) groups excluding carboxylic acids is 1. The molecule has 0 spiro atoms. The number of Topliss-reactive ketones (excluding diaryl/α,β-unsaturated/α-hetero) is 1. The third-order valence-corrected chi connectivity index (χ3v) is 3.95. The molecule has 3 atom stereocenters. The quantitative estimate of drug-likeness (QED) is 0.533. The first-order chi connectivity index (χ1) is 5.18. The highest BCUT2D eigenvalue weighted by Crippen LogP contribution is 2.46. The molecular formula is C7H9O3S-. The van der Waals surface area contributed by atoms with E-state index in [4.69, 9.17) is 0 Å². The average molecular weight is 173 g/mol. The first-order valence-electron chi connectivity index (χ1n) is 3.78. The molecule has 0 amide bonds. The first-order valence-corrected chi connectivity index (χ1v) is 4.92. The van der Waals surface area contributed by atoms with Crippen LogP contribution in [0, 0.1) is 11.8 Å². The molecule has 0 N–H and O–H groups in total. The molecule has 3 nitrogen and oxygen atoms in total. The van der Waals surface area contributed by atoms with Gasteiger partial charge in [0.2, 0.25) is 0 Å². The molecule has 2 bridgehead atoms. The Kier molecular flexibility index (Phi) is 1.61. The summed E-state index contributed by atoms with van der Waals surface area (Å²) < 4.78 is 21.2. The summed E-state index contributed by atoms with van der Waals surface area (Å²) in [4.78, 5) is 10.9. The van der Waals surface area contributed by atoms with E-state index in [1.165, 1.54) is 0 Å². The maximum absolute atomic E-state index is 10.9. The summed E-state index contributed by atoms with van der Waals surface area (Å²) in [6.45, 7) is 0. The van der Waals surface area contributed by atoms with Crippen molar-refractivity contribution in [3.05, 3.63) is 0 Å². The van der Waals surface area contributed by atoms with Crippen molar-refractivity contribution >= 4 is 16.9 Å². The Labute approximate surface area is 67.5 Å². The van der Waals surface area contributed by atoms with Gasteiger partial charge in [0, 0.05) is 18.1 Å². The van der Waals surface area contributed by atoms with Crippen LogP contribution in [0.1, 0.15) is 19.3 Å². The molecule has 0 radical (unpaired) electrons. The molecule has 3 fully saturated rings. The lowest BCUT2D eigenvalue weighted by Crippen LogP contribution is -2.50. The Morgan fingerprint density at radius 2 is 1.91 bits per heavy atom. The van der Waals surface area contributed by atoms with Gasteiger partial charge in [-0.2, -0.15) is 0 Å². The molecule has 0 aromatic carbocycles. The predicted molar refractivity (Wildman–Crippen MR) is 38.5 cm³/mol. The minimum Gasteiger partial charge on any atom is -0.772 e. The van der Waals surface area contributed by atoms with Crippen LogP contribution in [-0.4, -0.2) is 19.8 Å². The zero-order chi connectivity index (χ0) is 8.01. The molecular weight excluding hydrogens is 164 g/mol. The standard InChI is InChI=1S/C7H10O3S/c8-6-2-4-1-5(3-6)7(4)11(9)10/h4-5,7H,1-3H2,(H,9,10)/p-1. The second-order valence-corrected chi connectivity index (χ2v) is 4.49. The molecule has 4 heteroatoms. The topological polar surface area (TPSA) is 57.2 Å². The van der Waals surface area contributed by atoms with E-state index in [1.807, 2.05) is 0 Å². The minimum atomic E-state index is -1.95. The van der Waals surface area contributed by atoms with Crippen molar-refractivity contribution < 1.29 is 13.6 Å². The predicted octanol–water partition coefficient (Wildman–Crippen LogP) is 0.233. The molecule has 3 saturated carbocycles. The number of ketones is 1. The van der Waals surface area contributed by atoms with Crippen molar-refractivity contribution in [2.24, 2.45) is 11.8 Å². The van der Waals surface area contributed by atoms with Crippen LogP contribution in [0.2, 0.25) is 0 Å². The van der Waals surface area contributed by atoms with E-state index in [1.54, 1.807) is 0 Å². The van der Waals surface area contributed by atoms with E-state index < -0.39 is 11.1 Å². The fraction of sp³-hybridized carbons (Fsp3) is 0.857. The van der Waals surface area contributed by atoms with E-state index in [9.17, 15) is 13.6 Å². The summed E-state index contributed by atoms with van der Waals surface area (Å²) in [5.41, 5.74) is 0. The van der Waals surface area contributed by atoms with E-state index in [0.717, 1.165) is 6.42 Å². The van der Waals surface area contributed by atoms with Crippen molar-refractivity contribution in [1.29, 1.82) is 0 Å².